The van der Waals surface area contributed by atoms with Crippen LogP contribution in [0, 0.1) is 6.92 Å². The average Bonchev–Trinajstić information content (AvgIpc) is 2.64. The molecular weight excluding hydrogens is 348 g/mol. The van der Waals surface area contributed by atoms with Crippen molar-refractivity contribution in [3.63, 3.8) is 0 Å². The second-order valence-corrected chi connectivity index (χ2v) is 7.44. The fourth-order valence-electron chi connectivity index (χ4n) is 2.57. The summed E-state index contributed by atoms with van der Waals surface area (Å²) in [4.78, 5) is 14.6. The van der Waals surface area contributed by atoms with E-state index in [4.69, 9.17) is 5.14 Å². The van der Waals surface area contributed by atoms with Gasteiger partial charge in [0.2, 0.25) is 10.0 Å². The fraction of sp³-hybridized carbons (Fsp3) is 0.0500. The highest BCUT2D eigenvalue weighted by atomic mass is 32.2. The number of hydrogen-bond acceptors (Lipinski definition) is 3. The number of carbonyl (C=O) groups excluding carboxylic acids is 1. The van der Waals surface area contributed by atoms with E-state index in [1.54, 1.807) is 41.3 Å². The van der Waals surface area contributed by atoms with Gasteiger partial charge in [-0.15, -0.1) is 0 Å². The van der Waals surface area contributed by atoms with Crippen LogP contribution in [0.15, 0.2) is 83.8 Å². The minimum atomic E-state index is -3.79. The number of primary sulfonamides is 1. The third-order valence-electron chi connectivity index (χ3n) is 3.94. The third kappa shape index (κ3) is 3.82. The van der Waals surface area contributed by atoms with Crippen molar-refractivity contribution in [1.82, 2.24) is 0 Å². The Balaban J connectivity index is 2.09. The van der Waals surface area contributed by atoms with E-state index in [0.717, 1.165) is 5.56 Å². The van der Waals surface area contributed by atoms with Gasteiger partial charge >= 0.3 is 0 Å². The van der Waals surface area contributed by atoms with Crippen LogP contribution < -0.4 is 10.0 Å². The number of nitrogens with two attached hydrogens (primary N) is 1. The standard InChI is InChI=1S/C20H18N2O3S/c1-15-7-9-17(10-8-15)22(20(23)16-5-3-2-4-6-16)18-11-13-19(14-12-18)26(21,24)25/h2-14H,1H3,(H2,21,24,25). The number of amides is 1. The Morgan fingerprint density at radius 1 is 0.808 bits per heavy atom. The van der Waals surface area contributed by atoms with Gasteiger partial charge in [0.15, 0.2) is 0 Å². The van der Waals surface area contributed by atoms with Crippen LogP contribution >= 0.6 is 0 Å². The first-order chi connectivity index (χ1) is 12.4. The summed E-state index contributed by atoms with van der Waals surface area (Å²) in [5.74, 6) is -0.210. The zero-order valence-electron chi connectivity index (χ0n) is 14.2. The van der Waals surface area contributed by atoms with E-state index in [2.05, 4.69) is 0 Å². The second-order valence-electron chi connectivity index (χ2n) is 5.88. The van der Waals surface area contributed by atoms with Crippen LogP contribution in [0.25, 0.3) is 0 Å². The highest BCUT2D eigenvalue weighted by molar-refractivity contribution is 7.89. The maximum Gasteiger partial charge on any atom is 0.262 e. The first kappa shape index (κ1) is 17.8. The molecule has 132 valence electrons. The van der Waals surface area contributed by atoms with Crippen LogP contribution in [0.4, 0.5) is 11.4 Å². The summed E-state index contributed by atoms with van der Waals surface area (Å²) in [6, 6.07) is 22.4. The monoisotopic (exact) mass is 366 g/mol. The molecule has 0 spiro atoms. The summed E-state index contributed by atoms with van der Waals surface area (Å²) in [7, 11) is -3.79. The summed E-state index contributed by atoms with van der Waals surface area (Å²) in [6.07, 6.45) is 0. The Morgan fingerprint density at radius 3 is 1.81 bits per heavy atom. The molecule has 0 heterocycles. The van der Waals surface area contributed by atoms with Crippen molar-refractivity contribution in [1.29, 1.82) is 0 Å². The minimum absolute atomic E-state index is 0.00253. The molecule has 0 saturated heterocycles. The lowest BCUT2D eigenvalue weighted by atomic mass is 10.1. The molecule has 0 radical (unpaired) electrons. The number of aryl methyl sites for hydroxylation is 1. The molecule has 3 rings (SSSR count). The number of carbonyl (C=O) groups is 1. The van der Waals surface area contributed by atoms with Gasteiger partial charge in [0.05, 0.1) is 4.90 Å². The van der Waals surface area contributed by atoms with E-state index in [9.17, 15) is 13.2 Å². The molecule has 0 unspecified atom stereocenters. The molecule has 0 bridgehead atoms. The molecule has 2 N–H and O–H groups in total. The van der Waals surface area contributed by atoms with Crippen LogP contribution in [0.5, 0.6) is 0 Å². The topological polar surface area (TPSA) is 80.5 Å². The number of sulfonamides is 1. The van der Waals surface area contributed by atoms with E-state index in [1.165, 1.54) is 12.1 Å². The summed E-state index contributed by atoms with van der Waals surface area (Å²) >= 11 is 0. The van der Waals surface area contributed by atoms with E-state index in [-0.39, 0.29) is 10.8 Å². The summed E-state index contributed by atoms with van der Waals surface area (Å²) < 4.78 is 22.9. The molecule has 0 fully saturated rings. The first-order valence-electron chi connectivity index (χ1n) is 7.95. The summed E-state index contributed by atoms with van der Waals surface area (Å²) in [5, 5.41) is 5.15. The van der Waals surface area contributed by atoms with Crippen molar-refractivity contribution in [2.45, 2.75) is 11.8 Å². The van der Waals surface area contributed by atoms with Crippen LogP contribution in [0.3, 0.4) is 0 Å². The van der Waals surface area contributed by atoms with Crippen molar-refractivity contribution >= 4 is 27.3 Å². The van der Waals surface area contributed by atoms with Gasteiger partial charge < -0.3 is 0 Å². The maximum atomic E-state index is 13.1. The largest absolute Gasteiger partial charge is 0.277 e. The molecule has 1 amide bonds. The number of anilines is 2. The van der Waals surface area contributed by atoms with Gasteiger partial charge in [0.25, 0.3) is 5.91 Å². The lowest BCUT2D eigenvalue weighted by Gasteiger charge is -2.23. The van der Waals surface area contributed by atoms with Gasteiger partial charge in [0.1, 0.15) is 0 Å². The smallest absolute Gasteiger partial charge is 0.262 e. The molecule has 3 aromatic carbocycles. The van der Waals surface area contributed by atoms with Crippen LogP contribution in [0.1, 0.15) is 15.9 Å². The third-order valence-corrected chi connectivity index (χ3v) is 4.87. The number of benzene rings is 3. The molecule has 0 aromatic heterocycles. The van der Waals surface area contributed by atoms with Crippen molar-refractivity contribution in [2.75, 3.05) is 4.90 Å². The Hall–Kier alpha value is -2.96. The highest BCUT2D eigenvalue weighted by Gasteiger charge is 2.20. The quantitative estimate of drug-likeness (QED) is 0.766. The Morgan fingerprint density at radius 2 is 1.31 bits per heavy atom. The normalized spacial score (nSPS) is 11.2. The Labute approximate surface area is 152 Å². The fourth-order valence-corrected chi connectivity index (χ4v) is 3.09. The molecule has 6 heteroatoms. The molecule has 0 aliphatic rings. The van der Waals surface area contributed by atoms with Crippen LogP contribution in [0.2, 0.25) is 0 Å². The van der Waals surface area contributed by atoms with E-state index < -0.39 is 10.0 Å². The van der Waals surface area contributed by atoms with E-state index in [0.29, 0.717) is 16.9 Å². The molecule has 26 heavy (non-hydrogen) atoms. The van der Waals surface area contributed by atoms with Crippen LogP contribution in [-0.2, 0) is 10.0 Å². The van der Waals surface area contributed by atoms with E-state index >= 15 is 0 Å². The lowest BCUT2D eigenvalue weighted by molar-refractivity contribution is 0.0999. The highest BCUT2D eigenvalue weighted by Crippen LogP contribution is 2.28. The first-order valence-corrected chi connectivity index (χ1v) is 9.50. The lowest BCUT2D eigenvalue weighted by Crippen LogP contribution is -2.26. The SMILES string of the molecule is Cc1ccc(N(C(=O)c2ccccc2)c2ccc(S(N)(=O)=O)cc2)cc1. The molecule has 0 saturated carbocycles. The van der Waals surface area contributed by atoms with Crippen molar-refractivity contribution in [3.8, 4) is 0 Å². The predicted octanol–water partition coefficient (Wildman–Crippen LogP) is 3.62. The molecule has 5 nitrogen and oxygen atoms in total. The zero-order valence-corrected chi connectivity index (χ0v) is 15.0. The number of rotatable bonds is 4. The van der Waals surface area contributed by atoms with Crippen molar-refractivity contribution in [3.05, 3.63) is 90.0 Å². The molecular formula is C20H18N2O3S. The van der Waals surface area contributed by atoms with Gasteiger partial charge in [0, 0.05) is 16.9 Å². The van der Waals surface area contributed by atoms with Crippen molar-refractivity contribution in [2.24, 2.45) is 5.14 Å². The van der Waals surface area contributed by atoms with Gasteiger partial charge in [-0.1, -0.05) is 35.9 Å². The Bertz CT molecular complexity index is 1010. The number of nitrogens with zero attached hydrogens (tertiary/aromatic N) is 1. The molecule has 0 atom stereocenters. The van der Waals surface area contributed by atoms with Gasteiger partial charge in [-0.05, 0) is 55.5 Å². The average molecular weight is 366 g/mol. The predicted molar refractivity (Wildman–Crippen MR) is 102 cm³/mol. The van der Waals surface area contributed by atoms with Gasteiger partial charge in [-0.2, -0.15) is 0 Å². The van der Waals surface area contributed by atoms with Gasteiger partial charge in [-0.25, -0.2) is 13.6 Å². The number of hydrogen-bond donors (Lipinski definition) is 1. The van der Waals surface area contributed by atoms with Crippen molar-refractivity contribution < 1.29 is 13.2 Å². The van der Waals surface area contributed by atoms with Crippen LogP contribution in [-0.4, -0.2) is 14.3 Å². The second kappa shape index (κ2) is 7.11. The zero-order chi connectivity index (χ0) is 18.7. The Kier molecular flexibility index (Phi) is 4.88. The van der Waals surface area contributed by atoms with E-state index in [1.807, 2.05) is 37.3 Å². The summed E-state index contributed by atoms with van der Waals surface area (Å²) in [6.45, 7) is 1.97. The minimum Gasteiger partial charge on any atom is -0.277 e. The van der Waals surface area contributed by atoms with Gasteiger partial charge in [-0.3, -0.25) is 9.69 Å². The molecule has 3 aromatic rings. The maximum absolute atomic E-state index is 13.1. The summed E-state index contributed by atoms with van der Waals surface area (Å²) in [5.41, 5.74) is 2.84. The molecule has 0 aliphatic carbocycles. The molecule has 0 aliphatic heterocycles.